The number of thioether (sulfide) groups is 1. The molecule has 0 fully saturated rings. The molecule has 5 heteroatoms. The third-order valence-corrected chi connectivity index (χ3v) is 2.45. The molecule has 1 aliphatic rings. The molecule has 3 nitrogen and oxygen atoms in total. The summed E-state index contributed by atoms with van der Waals surface area (Å²) in [6.45, 7) is 0. The summed E-state index contributed by atoms with van der Waals surface area (Å²) in [4.78, 5) is 8.41. The Bertz CT molecular complexity index is 362. The van der Waals surface area contributed by atoms with Crippen LogP contribution in [0.25, 0.3) is 0 Å². The van der Waals surface area contributed by atoms with E-state index in [1.807, 2.05) is 30.3 Å². The van der Waals surface area contributed by atoms with Crippen molar-refractivity contribution in [1.29, 1.82) is 0 Å². The SMILES string of the molecule is Cl.NC1=NC(=Nc2ccccc2)SC1. The van der Waals surface area contributed by atoms with E-state index in [1.165, 1.54) is 0 Å². The van der Waals surface area contributed by atoms with Gasteiger partial charge in [0.1, 0.15) is 5.84 Å². The van der Waals surface area contributed by atoms with E-state index in [0.717, 1.165) is 16.6 Å². The van der Waals surface area contributed by atoms with Crippen LogP contribution in [0.3, 0.4) is 0 Å². The van der Waals surface area contributed by atoms with Gasteiger partial charge in [0.15, 0.2) is 5.17 Å². The highest BCUT2D eigenvalue weighted by molar-refractivity contribution is 8.14. The monoisotopic (exact) mass is 227 g/mol. The summed E-state index contributed by atoms with van der Waals surface area (Å²) in [6, 6.07) is 9.75. The summed E-state index contributed by atoms with van der Waals surface area (Å²) in [7, 11) is 0. The zero-order valence-corrected chi connectivity index (χ0v) is 9.02. The summed E-state index contributed by atoms with van der Waals surface area (Å²) < 4.78 is 0. The van der Waals surface area contributed by atoms with Gasteiger partial charge >= 0.3 is 0 Å². The van der Waals surface area contributed by atoms with Crippen LogP contribution in [0.4, 0.5) is 5.69 Å². The second-order valence-corrected chi connectivity index (χ2v) is 3.56. The third kappa shape index (κ3) is 2.75. The highest BCUT2D eigenvalue weighted by Gasteiger charge is 2.09. The lowest BCUT2D eigenvalue weighted by Gasteiger charge is -1.92. The fourth-order valence-electron chi connectivity index (χ4n) is 0.996. The minimum Gasteiger partial charge on any atom is -0.386 e. The molecule has 2 N–H and O–H groups in total. The van der Waals surface area contributed by atoms with Crippen molar-refractivity contribution in [3.05, 3.63) is 30.3 Å². The number of hydrogen-bond donors (Lipinski definition) is 1. The Morgan fingerprint density at radius 1 is 1.29 bits per heavy atom. The lowest BCUT2D eigenvalue weighted by Crippen LogP contribution is -2.09. The van der Waals surface area contributed by atoms with Gasteiger partial charge in [-0.2, -0.15) is 0 Å². The fraction of sp³-hybridized carbons (Fsp3) is 0.111. The van der Waals surface area contributed by atoms with E-state index in [0.29, 0.717) is 5.84 Å². The van der Waals surface area contributed by atoms with Crippen LogP contribution in [0.5, 0.6) is 0 Å². The van der Waals surface area contributed by atoms with Gasteiger partial charge in [-0.05, 0) is 12.1 Å². The summed E-state index contributed by atoms with van der Waals surface area (Å²) in [6.07, 6.45) is 0. The van der Waals surface area contributed by atoms with Gasteiger partial charge < -0.3 is 5.73 Å². The molecule has 1 heterocycles. The normalized spacial score (nSPS) is 17.7. The number of rotatable bonds is 1. The first-order valence-corrected chi connectivity index (χ1v) is 4.93. The van der Waals surface area contributed by atoms with Crippen LogP contribution in [-0.4, -0.2) is 16.8 Å². The van der Waals surface area contributed by atoms with Crippen molar-refractivity contribution in [2.24, 2.45) is 15.7 Å². The third-order valence-electron chi connectivity index (χ3n) is 1.57. The maximum Gasteiger partial charge on any atom is 0.190 e. The topological polar surface area (TPSA) is 50.7 Å². The molecule has 0 aliphatic carbocycles. The first-order valence-electron chi connectivity index (χ1n) is 3.94. The van der Waals surface area contributed by atoms with Crippen LogP contribution in [-0.2, 0) is 0 Å². The van der Waals surface area contributed by atoms with E-state index in [1.54, 1.807) is 11.8 Å². The number of aliphatic imine (C=N–C) groups is 2. The number of amidine groups is 2. The van der Waals surface area contributed by atoms with Gasteiger partial charge in [-0.25, -0.2) is 9.98 Å². The van der Waals surface area contributed by atoms with E-state index < -0.39 is 0 Å². The molecular formula is C9H10ClN3S. The molecule has 74 valence electrons. The van der Waals surface area contributed by atoms with Gasteiger partial charge in [0, 0.05) is 0 Å². The van der Waals surface area contributed by atoms with Crippen LogP contribution >= 0.6 is 24.2 Å². The quantitative estimate of drug-likeness (QED) is 0.800. The second-order valence-electron chi connectivity index (χ2n) is 2.62. The minimum atomic E-state index is 0. The molecule has 14 heavy (non-hydrogen) atoms. The number of nitrogens with two attached hydrogens (primary N) is 1. The van der Waals surface area contributed by atoms with Crippen LogP contribution in [0.2, 0.25) is 0 Å². The molecule has 1 aliphatic heterocycles. The summed E-state index contributed by atoms with van der Waals surface area (Å²) in [5, 5.41) is 0.753. The zero-order valence-electron chi connectivity index (χ0n) is 7.38. The van der Waals surface area contributed by atoms with Crippen molar-refractivity contribution in [2.45, 2.75) is 0 Å². The highest BCUT2D eigenvalue weighted by atomic mass is 35.5. The Morgan fingerprint density at radius 2 is 2.00 bits per heavy atom. The molecule has 0 atom stereocenters. The van der Waals surface area contributed by atoms with Crippen LogP contribution < -0.4 is 5.73 Å². The summed E-state index contributed by atoms with van der Waals surface area (Å²) in [5.41, 5.74) is 6.45. The van der Waals surface area contributed by atoms with Crippen LogP contribution in [0, 0.1) is 0 Å². The second kappa shape index (κ2) is 5.02. The average molecular weight is 228 g/mol. The number of benzene rings is 1. The van der Waals surface area contributed by atoms with Gasteiger partial charge in [0.25, 0.3) is 0 Å². The van der Waals surface area contributed by atoms with E-state index in [-0.39, 0.29) is 12.4 Å². The molecule has 0 unspecified atom stereocenters. The van der Waals surface area contributed by atoms with Gasteiger partial charge in [-0.15, -0.1) is 12.4 Å². The van der Waals surface area contributed by atoms with Crippen LogP contribution in [0.1, 0.15) is 0 Å². The maximum absolute atomic E-state index is 5.53. The average Bonchev–Trinajstić information content (AvgIpc) is 2.53. The lowest BCUT2D eigenvalue weighted by atomic mass is 10.3. The molecule has 0 amide bonds. The van der Waals surface area contributed by atoms with Gasteiger partial charge in [-0.3, -0.25) is 0 Å². The van der Waals surface area contributed by atoms with Crippen molar-refractivity contribution < 1.29 is 0 Å². The molecule has 0 spiro atoms. The molecule has 0 radical (unpaired) electrons. The predicted octanol–water partition coefficient (Wildman–Crippen LogP) is 2.20. The van der Waals surface area contributed by atoms with Gasteiger partial charge in [0.2, 0.25) is 0 Å². The predicted molar refractivity (Wildman–Crippen MR) is 64.9 cm³/mol. The zero-order chi connectivity index (χ0) is 9.10. The molecule has 2 rings (SSSR count). The van der Waals surface area contributed by atoms with E-state index >= 15 is 0 Å². The smallest absolute Gasteiger partial charge is 0.190 e. The van der Waals surface area contributed by atoms with Crippen molar-refractivity contribution in [2.75, 3.05) is 5.75 Å². The Hall–Kier alpha value is -1.00. The fourth-order valence-corrected chi connectivity index (χ4v) is 1.69. The molecule has 0 aromatic heterocycles. The highest BCUT2D eigenvalue weighted by Crippen LogP contribution is 2.18. The van der Waals surface area contributed by atoms with Gasteiger partial charge in [0.05, 0.1) is 11.4 Å². The van der Waals surface area contributed by atoms with Crippen molar-refractivity contribution >= 4 is 40.9 Å². The van der Waals surface area contributed by atoms with E-state index in [2.05, 4.69) is 9.98 Å². The Kier molecular flexibility index (Phi) is 3.98. The Morgan fingerprint density at radius 3 is 2.57 bits per heavy atom. The number of halogens is 1. The summed E-state index contributed by atoms with van der Waals surface area (Å²) >= 11 is 1.57. The maximum atomic E-state index is 5.53. The first kappa shape index (κ1) is 11.1. The van der Waals surface area contributed by atoms with Crippen LogP contribution in [0.15, 0.2) is 40.3 Å². The molecule has 1 aromatic rings. The number of para-hydroxylation sites is 1. The van der Waals surface area contributed by atoms with Gasteiger partial charge in [-0.1, -0.05) is 30.0 Å². The van der Waals surface area contributed by atoms with E-state index in [4.69, 9.17) is 5.73 Å². The van der Waals surface area contributed by atoms with Crippen molar-refractivity contribution in [3.63, 3.8) is 0 Å². The number of hydrogen-bond acceptors (Lipinski definition) is 3. The lowest BCUT2D eigenvalue weighted by molar-refractivity contribution is 1.49. The molecule has 0 bridgehead atoms. The minimum absolute atomic E-state index is 0. The largest absolute Gasteiger partial charge is 0.386 e. The molecular weight excluding hydrogens is 218 g/mol. The van der Waals surface area contributed by atoms with E-state index in [9.17, 15) is 0 Å². The first-order chi connectivity index (χ1) is 6.34. The molecule has 0 saturated carbocycles. The Balaban J connectivity index is 0.000000980. The molecule has 0 saturated heterocycles. The number of nitrogens with zero attached hydrogens (tertiary/aromatic N) is 2. The Labute approximate surface area is 92.9 Å². The molecule has 1 aromatic carbocycles. The van der Waals surface area contributed by atoms with Crippen molar-refractivity contribution in [1.82, 2.24) is 0 Å². The standard InChI is InChI=1S/C9H9N3S.ClH/c10-8-6-13-9(12-8)11-7-4-2-1-3-5-7;/h1-5H,6H2,(H2,10,11,12);1H. The summed E-state index contributed by atoms with van der Waals surface area (Å²) in [5.74, 6) is 1.41. The van der Waals surface area contributed by atoms with Crippen molar-refractivity contribution in [3.8, 4) is 0 Å².